The van der Waals surface area contributed by atoms with Crippen LogP contribution in [0, 0.1) is 13.8 Å². The van der Waals surface area contributed by atoms with Crippen LogP contribution in [0.3, 0.4) is 0 Å². The van der Waals surface area contributed by atoms with Crippen molar-refractivity contribution in [2.45, 2.75) is 19.9 Å². The van der Waals surface area contributed by atoms with E-state index in [2.05, 4.69) is 10.2 Å². The quantitative estimate of drug-likeness (QED) is 0.529. The molecule has 0 bridgehead atoms. The lowest BCUT2D eigenvalue weighted by Gasteiger charge is -2.19. The molecule has 4 aromatic rings. The first-order valence-corrected chi connectivity index (χ1v) is 9.12. The van der Waals surface area contributed by atoms with Gasteiger partial charge in [-0.2, -0.15) is 0 Å². The average molecular weight is 379 g/mol. The largest absolute Gasteiger partial charge is 0.464 e. The Kier molecular flexibility index (Phi) is 3.32. The summed E-state index contributed by atoms with van der Waals surface area (Å²) in [6, 6.07) is 9.70. The van der Waals surface area contributed by atoms with Crippen LogP contribution in [0.25, 0.3) is 11.0 Å². The molecule has 27 heavy (non-hydrogen) atoms. The molecule has 0 N–H and O–H groups in total. The first kappa shape index (κ1) is 16.0. The molecule has 7 nitrogen and oxygen atoms in total. The normalized spacial score (nSPS) is 16.3. The van der Waals surface area contributed by atoms with Crippen LogP contribution in [0.4, 0.5) is 5.13 Å². The van der Waals surface area contributed by atoms with Gasteiger partial charge in [0.2, 0.25) is 10.9 Å². The summed E-state index contributed by atoms with van der Waals surface area (Å²) in [5.41, 5.74) is 0.392. The smallest absolute Gasteiger partial charge is 0.297 e. The zero-order chi connectivity index (χ0) is 18.7. The summed E-state index contributed by atoms with van der Waals surface area (Å²) in [5.74, 6) is 0.758. The minimum Gasteiger partial charge on any atom is -0.464 e. The summed E-state index contributed by atoms with van der Waals surface area (Å²) < 4.78 is 11.6. The van der Waals surface area contributed by atoms with Gasteiger partial charge in [-0.25, -0.2) is 0 Å². The SMILES string of the molecule is Cc1ccc([C@@H]2c3c(oc4ccccc4c3=O)C(=O)N2c2nnc(C)s2)o1. The minimum atomic E-state index is -0.741. The number of furan rings is 1. The predicted molar refractivity (Wildman–Crippen MR) is 99.2 cm³/mol. The van der Waals surface area contributed by atoms with Gasteiger partial charge < -0.3 is 8.83 Å². The number of aromatic nitrogens is 2. The molecule has 0 radical (unpaired) electrons. The van der Waals surface area contributed by atoms with Crippen LogP contribution in [0.15, 0.2) is 50.0 Å². The van der Waals surface area contributed by atoms with E-state index in [-0.39, 0.29) is 16.8 Å². The van der Waals surface area contributed by atoms with E-state index >= 15 is 0 Å². The van der Waals surface area contributed by atoms with E-state index in [4.69, 9.17) is 8.83 Å². The Bertz CT molecular complexity index is 1270. The Morgan fingerprint density at radius 3 is 2.56 bits per heavy atom. The van der Waals surface area contributed by atoms with Gasteiger partial charge in [0.05, 0.1) is 10.9 Å². The maximum atomic E-state index is 13.2. The Labute approximate surface area is 156 Å². The van der Waals surface area contributed by atoms with E-state index in [9.17, 15) is 9.59 Å². The van der Waals surface area contributed by atoms with Crippen LogP contribution in [-0.4, -0.2) is 16.1 Å². The highest BCUT2D eigenvalue weighted by Crippen LogP contribution is 2.42. The Morgan fingerprint density at radius 2 is 1.85 bits per heavy atom. The summed E-state index contributed by atoms with van der Waals surface area (Å²) in [4.78, 5) is 27.8. The molecule has 0 saturated carbocycles. The number of aryl methyl sites for hydroxylation is 2. The first-order chi connectivity index (χ1) is 13.0. The van der Waals surface area contributed by atoms with Gasteiger partial charge in [-0.1, -0.05) is 23.5 Å². The fraction of sp³-hybridized carbons (Fsp3) is 0.158. The van der Waals surface area contributed by atoms with Gasteiger partial charge in [-0.05, 0) is 38.1 Å². The first-order valence-electron chi connectivity index (χ1n) is 8.30. The van der Waals surface area contributed by atoms with Gasteiger partial charge >= 0.3 is 0 Å². The number of carbonyl (C=O) groups excluding carboxylic acids is 1. The molecule has 0 unspecified atom stereocenters. The van der Waals surface area contributed by atoms with Gasteiger partial charge in [0, 0.05) is 0 Å². The van der Waals surface area contributed by atoms with Crippen molar-refractivity contribution in [1.29, 1.82) is 0 Å². The number of amides is 1. The van der Waals surface area contributed by atoms with Crippen LogP contribution in [0.5, 0.6) is 0 Å². The van der Waals surface area contributed by atoms with E-state index in [1.54, 1.807) is 43.3 Å². The van der Waals surface area contributed by atoms with E-state index < -0.39 is 11.9 Å². The van der Waals surface area contributed by atoms with Crippen LogP contribution >= 0.6 is 11.3 Å². The number of carbonyl (C=O) groups is 1. The molecule has 1 aromatic carbocycles. The highest BCUT2D eigenvalue weighted by atomic mass is 32.1. The molecule has 1 aliphatic heterocycles. The summed E-state index contributed by atoms with van der Waals surface area (Å²) in [6.07, 6.45) is 0. The molecule has 1 amide bonds. The van der Waals surface area contributed by atoms with Crippen LogP contribution in [0.2, 0.25) is 0 Å². The third-order valence-electron chi connectivity index (χ3n) is 4.53. The number of hydrogen-bond acceptors (Lipinski definition) is 7. The van der Waals surface area contributed by atoms with Crippen molar-refractivity contribution in [3.8, 4) is 0 Å². The molecule has 1 aliphatic rings. The van der Waals surface area contributed by atoms with Gasteiger partial charge in [-0.15, -0.1) is 10.2 Å². The van der Waals surface area contributed by atoms with E-state index in [1.165, 1.54) is 16.2 Å². The van der Waals surface area contributed by atoms with Crippen LogP contribution in [-0.2, 0) is 0 Å². The molecule has 8 heteroatoms. The molecule has 0 saturated heterocycles. The average Bonchev–Trinajstić information content (AvgIpc) is 3.34. The van der Waals surface area contributed by atoms with E-state index in [0.717, 1.165) is 0 Å². The fourth-order valence-electron chi connectivity index (χ4n) is 3.37. The summed E-state index contributed by atoms with van der Waals surface area (Å²) in [6.45, 7) is 3.61. The predicted octanol–water partition coefficient (Wildman–Crippen LogP) is 3.60. The number of benzene rings is 1. The van der Waals surface area contributed by atoms with Gasteiger partial charge in [0.1, 0.15) is 28.2 Å². The molecule has 134 valence electrons. The van der Waals surface area contributed by atoms with Gasteiger partial charge in [0.25, 0.3) is 5.91 Å². The lowest BCUT2D eigenvalue weighted by Crippen LogP contribution is -2.29. The maximum absolute atomic E-state index is 13.2. The Hall–Kier alpha value is -3.26. The number of anilines is 1. The van der Waals surface area contributed by atoms with Crippen molar-refractivity contribution in [2.75, 3.05) is 4.90 Å². The zero-order valence-corrected chi connectivity index (χ0v) is 15.2. The van der Waals surface area contributed by atoms with Crippen molar-refractivity contribution in [1.82, 2.24) is 10.2 Å². The van der Waals surface area contributed by atoms with Crippen molar-refractivity contribution in [3.05, 3.63) is 74.5 Å². The van der Waals surface area contributed by atoms with Gasteiger partial charge in [0.15, 0.2) is 5.43 Å². The van der Waals surface area contributed by atoms with Crippen molar-refractivity contribution in [2.24, 2.45) is 0 Å². The number of nitrogens with zero attached hydrogens (tertiary/aromatic N) is 3. The molecular weight excluding hydrogens is 366 g/mol. The molecule has 0 aliphatic carbocycles. The van der Waals surface area contributed by atoms with Crippen LogP contribution < -0.4 is 10.3 Å². The fourth-order valence-corrected chi connectivity index (χ4v) is 4.08. The maximum Gasteiger partial charge on any atom is 0.297 e. The third-order valence-corrected chi connectivity index (χ3v) is 5.37. The molecule has 4 heterocycles. The second kappa shape index (κ2) is 5.62. The Balaban J connectivity index is 1.83. The molecule has 1 atom stereocenters. The number of para-hydroxylation sites is 1. The van der Waals surface area contributed by atoms with E-state index in [1.807, 2.05) is 6.92 Å². The second-order valence-electron chi connectivity index (χ2n) is 6.30. The highest BCUT2D eigenvalue weighted by molar-refractivity contribution is 7.15. The van der Waals surface area contributed by atoms with Crippen LogP contribution in [0.1, 0.15) is 38.7 Å². The Morgan fingerprint density at radius 1 is 1.04 bits per heavy atom. The van der Waals surface area contributed by atoms with Crippen molar-refractivity contribution >= 4 is 33.3 Å². The molecule has 5 rings (SSSR count). The number of fused-ring (bicyclic) bond motifs is 2. The minimum absolute atomic E-state index is 0.0191. The lowest BCUT2D eigenvalue weighted by molar-refractivity contribution is 0.0969. The third kappa shape index (κ3) is 2.26. The molecule has 0 fully saturated rings. The molecule has 0 spiro atoms. The molecular formula is C19H13N3O4S. The topological polar surface area (TPSA) is 89.4 Å². The summed E-state index contributed by atoms with van der Waals surface area (Å²) in [7, 11) is 0. The highest BCUT2D eigenvalue weighted by Gasteiger charge is 2.46. The van der Waals surface area contributed by atoms with Crippen molar-refractivity contribution < 1.29 is 13.6 Å². The lowest BCUT2D eigenvalue weighted by atomic mass is 10.0. The molecule has 3 aromatic heterocycles. The van der Waals surface area contributed by atoms with Crippen molar-refractivity contribution in [3.63, 3.8) is 0 Å². The standard InChI is InChI=1S/C19H13N3O4S/c1-9-7-8-13(25-9)15-14-16(23)11-5-3-4-6-12(11)26-17(14)18(24)22(15)19-21-20-10(2)27-19/h3-8,15H,1-2H3/t15-/m1/s1. The number of hydrogen-bond donors (Lipinski definition) is 0. The number of rotatable bonds is 2. The zero-order valence-electron chi connectivity index (χ0n) is 14.4. The van der Waals surface area contributed by atoms with E-state index in [0.29, 0.717) is 32.6 Å². The summed E-state index contributed by atoms with van der Waals surface area (Å²) >= 11 is 1.27. The summed E-state index contributed by atoms with van der Waals surface area (Å²) in [5, 5.41) is 9.64. The monoisotopic (exact) mass is 379 g/mol. The van der Waals surface area contributed by atoms with Gasteiger partial charge in [-0.3, -0.25) is 14.5 Å². The second-order valence-corrected chi connectivity index (χ2v) is 7.46.